The Morgan fingerprint density at radius 3 is 2.42 bits per heavy atom. The van der Waals surface area contributed by atoms with Crippen molar-refractivity contribution in [2.24, 2.45) is 4.99 Å². The van der Waals surface area contributed by atoms with Gasteiger partial charge >= 0.3 is 0 Å². The maximum atomic E-state index is 11.0. The second-order valence-electron chi connectivity index (χ2n) is 8.97. The molecule has 0 spiro atoms. The molecule has 0 atom stereocenters. The van der Waals surface area contributed by atoms with Gasteiger partial charge in [0.2, 0.25) is 0 Å². The van der Waals surface area contributed by atoms with Gasteiger partial charge in [0, 0.05) is 22.2 Å². The lowest BCUT2D eigenvalue weighted by Gasteiger charge is -2.27. The first-order valence-electron chi connectivity index (χ1n) is 11.2. The fraction of sp³-hybridized carbons (Fsp3) is 0.346. The summed E-state index contributed by atoms with van der Waals surface area (Å²) in [6.07, 6.45) is 4.44. The van der Waals surface area contributed by atoms with Crippen molar-refractivity contribution in [3.05, 3.63) is 64.7 Å². The number of nitrogens with one attached hydrogen (secondary N) is 1. The van der Waals surface area contributed by atoms with Gasteiger partial charge in [0.15, 0.2) is 5.88 Å². The lowest BCUT2D eigenvalue weighted by atomic mass is 9.97. The van der Waals surface area contributed by atoms with Crippen molar-refractivity contribution >= 4 is 27.9 Å². The molecular formula is C26H30N4O. The number of hydrogen-bond acceptors (Lipinski definition) is 4. The van der Waals surface area contributed by atoms with E-state index in [0.29, 0.717) is 0 Å². The number of piperidine rings is 1. The predicted octanol–water partition coefficient (Wildman–Crippen LogP) is 4.95. The van der Waals surface area contributed by atoms with Gasteiger partial charge in [-0.25, -0.2) is 0 Å². The fourth-order valence-corrected chi connectivity index (χ4v) is 4.52. The number of allylic oxidation sites excluding steroid dienone is 2. The Kier molecular flexibility index (Phi) is 5.06. The third-order valence-electron chi connectivity index (χ3n) is 6.66. The third kappa shape index (κ3) is 3.98. The molecule has 0 unspecified atom stereocenters. The van der Waals surface area contributed by atoms with E-state index >= 15 is 0 Å². The molecule has 0 bridgehead atoms. The van der Waals surface area contributed by atoms with Gasteiger partial charge in [-0.3, -0.25) is 4.99 Å². The second-order valence-corrected chi connectivity index (χ2v) is 8.97. The predicted molar refractivity (Wildman–Crippen MR) is 129 cm³/mol. The first kappa shape index (κ1) is 19.9. The molecule has 1 saturated carbocycles. The number of aromatic nitrogens is 1. The van der Waals surface area contributed by atoms with Gasteiger partial charge in [-0.15, -0.1) is 0 Å². The van der Waals surface area contributed by atoms with E-state index in [-0.39, 0.29) is 11.9 Å². The average Bonchev–Trinajstić information content (AvgIpc) is 3.56. The van der Waals surface area contributed by atoms with Crippen molar-refractivity contribution in [2.75, 3.05) is 25.9 Å². The molecule has 1 aliphatic heterocycles. The van der Waals surface area contributed by atoms with Gasteiger partial charge in [0.25, 0.3) is 0 Å². The minimum Gasteiger partial charge on any atom is -0.494 e. The van der Waals surface area contributed by atoms with Crippen LogP contribution in [0.25, 0.3) is 16.5 Å². The van der Waals surface area contributed by atoms with Crippen LogP contribution in [-0.4, -0.2) is 46.9 Å². The Morgan fingerprint density at radius 1 is 1.06 bits per heavy atom. The normalized spacial score (nSPS) is 18.0. The zero-order valence-corrected chi connectivity index (χ0v) is 18.3. The summed E-state index contributed by atoms with van der Waals surface area (Å²) in [5, 5.41) is 12.0. The largest absolute Gasteiger partial charge is 0.494 e. The van der Waals surface area contributed by atoms with Crippen LogP contribution in [0.5, 0.6) is 5.88 Å². The first-order valence-corrected chi connectivity index (χ1v) is 11.2. The second kappa shape index (κ2) is 7.89. The topological polar surface area (TPSA) is 77.6 Å². The van der Waals surface area contributed by atoms with Crippen molar-refractivity contribution in [3.63, 3.8) is 0 Å². The molecule has 2 heterocycles. The summed E-state index contributed by atoms with van der Waals surface area (Å²) in [5.41, 5.74) is 14.3. The Hall–Kier alpha value is -3.05. The van der Waals surface area contributed by atoms with Gasteiger partial charge in [-0.05, 0) is 88.1 Å². The van der Waals surface area contributed by atoms with Crippen LogP contribution in [0.15, 0.2) is 53.0 Å². The molecule has 5 heteroatoms. The fourth-order valence-electron chi connectivity index (χ4n) is 4.52. The van der Waals surface area contributed by atoms with Crippen molar-refractivity contribution < 1.29 is 5.11 Å². The minimum absolute atomic E-state index is 0.174. The molecule has 5 rings (SSSR count). The Bertz CT molecular complexity index is 1170. The number of anilines is 1. The summed E-state index contributed by atoms with van der Waals surface area (Å²) in [5.74, 6) is 0.174. The minimum atomic E-state index is 0.174. The molecule has 0 amide bonds. The zero-order chi connectivity index (χ0) is 21.5. The van der Waals surface area contributed by atoms with Crippen molar-refractivity contribution in [1.82, 2.24) is 9.88 Å². The average molecular weight is 415 g/mol. The smallest absolute Gasteiger partial charge is 0.199 e. The number of rotatable bonds is 4. The third-order valence-corrected chi connectivity index (χ3v) is 6.66. The number of aromatic hydroxyl groups is 1. The molecule has 3 aromatic rings. The lowest BCUT2D eigenvalue weighted by molar-refractivity contribution is 0.257. The summed E-state index contributed by atoms with van der Waals surface area (Å²) in [6, 6.07) is 14.5. The van der Waals surface area contributed by atoms with E-state index in [1.165, 1.54) is 29.6 Å². The van der Waals surface area contributed by atoms with Gasteiger partial charge in [0.05, 0.1) is 17.3 Å². The number of likely N-dealkylation sites (tertiary alicyclic amines) is 1. The highest BCUT2D eigenvalue weighted by atomic mass is 16.3. The number of fused-ring (bicyclic) bond motifs is 1. The van der Waals surface area contributed by atoms with Crippen LogP contribution >= 0.6 is 0 Å². The molecule has 2 fully saturated rings. The number of aromatic amines is 1. The SMILES string of the molecule is CC(=C1CC1)c1ccc2[nH]c(O)c(C(=NC3CCN(C)CC3)c3ccc(N)cc3)c2c1. The van der Waals surface area contributed by atoms with E-state index in [9.17, 15) is 5.11 Å². The molecule has 5 nitrogen and oxygen atoms in total. The van der Waals surface area contributed by atoms with Crippen LogP contribution < -0.4 is 5.73 Å². The summed E-state index contributed by atoms with van der Waals surface area (Å²) < 4.78 is 0. The number of hydrogen-bond donors (Lipinski definition) is 3. The number of aliphatic imine (C=N–C) groups is 1. The summed E-state index contributed by atoms with van der Waals surface area (Å²) in [7, 11) is 2.16. The van der Waals surface area contributed by atoms with Gasteiger partial charge in [-0.2, -0.15) is 0 Å². The maximum Gasteiger partial charge on any atom is 0.199 e. The molecule has 1 aromatic heterocycles. The molecule has 160 valence electrons. The summed E-state index contributed by atoms with van der Waals surface area (Å²) in [4.78, 5) is 10.7. The van der Waals surface area contributed by atoms with Crippen molar-refractivity contribution in [2.45, 2.75) is 38.6 Å². The van der Waals surface area contributed by atoms with Crippen LogP contribution in [0.1, 0.15) is 49.3 Å². The number of nitrogens with zero attached hydrogens (tertiary/aromatic N) is 2. The van der Waals surface area contributed by atoms with Gasteiger partial charge in [0.1, 0.15) is 0 Å². The van der Waals surface area contributed by atoms with Crippen LogP contribution in [-0.2, 0) is 0 Å². The van der Waals surface area contributed by atoms with Gasteiger partial charge in [-0.1, -0.05) is 23.8 Å². The monoisotopic (exact) mass is 414 g/mol. The van der Waals surface area contributed by atoms with E-state index in [0.717, 1.165) is 59.4 Å². The summed E-state index contributed by atoms with van der Waals surface area (Å²) >= 11 is 0. The van der Waals surface area contributed by atoms with E-state index in [1.807, 2.05) is 24.3 Å². The maximum absolute atomic E-state index is 11.0. The highest BCUT2D eigenvalue weighted by Gasteiger charge is 2.23. The molecule has 0 radical (unpaired) electrons. The molecule has 2 aliphatic rings. The van der Waals surface area contributed by atoms with E-state index in [1.54, 1.807) is 0 Å². The number of nitrogen functional groups attached to an aromatic ring is 1. The number of nitrogens with two attached hydrogens (primary N) is 1. The highest BCUT2D eigenvalue weighted by molar-refractivity contribution is 6.21. The van der Waals surface area contributed by atoms with E-state index in [4.69, 9.17) is 10.7 Å². The van der Waals surface area contributed by atoms with E-state index in [2.05, 4.69) is 42.1 Å². The van der Waals surface area contributed by atoms with Crippen molar-refractivity contribution in [1.29, 1.82) is 0 Å². The molecular weight excluding hydrogens is 384 g/mol. The number of benzene rings is 2. The number of H-pyrrole nitrogens is 1. The van der Waals surface area contributed by atoms with Crippen LogP contribution in [0.3, 0.4) is 0 Å². The van der Waals surface area contributed by atoms with E-state index < -0.39 is 0 Å². The Morgan fingerprint density at radius 2 is 1.74 bits per heavy atom. The van der Waals surface area contributed by atoms with Crippen LogP contribution in [0, 0.1) is 0 Å². The van der Waals surface area contributed by atoms with Crippen LogP contribution in [0.2, 0.25) is 0 Å². The quantitative estimate of drug-likeness (QED) is 0.417. The molecule has 4 N–H and O–H groups in total. The molecule has 31 heavy (non-hydrogen) atoms. The first-order chi connectivity index (χ1) is 15.0. The molecule has 1 saturated heterocycles. The molecule has 2 aromatic carbocycles. The van der Waals surface area contributed by atoms with Crippen molar-refractivity contribution in [3.8, 4) is 5.88 Å². The highest BCUT2D eigenvalue weighted by Crippen LogP contribution is 2.38. The summed E-state index contributed by atoms with van der Waals surface area (Å²) in [6.45, 7) is 4.28. The zero-order valence-electron chi connectivity index (χ0n) is 18.3. The standard InChI is InChI=1S/C26H30N4O/c1-16(17-3-4-17)19-7-10-23-22(15-19)24(26(31)29-23)25(18-5-8-20(27)9-6-18)28-21-11-13-30(2)14-12-21/h5-10,15,21,29,31H,3-4,11-14,27H2,1-2H3. The van der Waals surface area contributed by atoms with Crippen LogP contribution in [0.4, 0.5) is 5.69 Å². The molecule has 1 aliphatic carbocycles. The Balaban J connectivity index is 1.66. The Labute approximate surface area is 183 Å². The van der Waals surface area contributed by atoms with Gasteiger partial charge < -0.3 is 20.7 Å². The lowest BCUT2D eigenvalue weighted by Crippen LogP contribution is -2.32.